The minimum atomic E-state index is -1.65. The second kappa shape index (κ2) is 6.45. The van der Waals surface area contributed by atoms with Crippen LogP contribution in [0.25, 0.3) is 0 Å². The number of rotatable bonds is 4. The van der Waals surface area contributed by atoms with Gasteiger partial charge in [0.2, 0.25) is 0 Å². The van der Waals surface area contributed by atoms with E-state index in [0.717, 1.165) is 7.11 Å². The summed E-state index contributed by atoms with van der Waals surface area (Å²) >= 11 is 0. The molecule has 0 aliphatic heterocycles. The SMILES string of the molecule is COC(=O)C(O)CC(=O)OC(=O)c1cccnc1. The number of ether oxygens (including phenoxy) is 2. The van der Waals surface area contributed by atoms with E-state index < -0.39 is 30.4 Å². The predicted molar refractivity (Wildman–Crippen MR) is 57.3 cm³/mol. The fraction of sp³-hybridized carbons (Fsp3) is 0.273. The Balaban J connectivity index is 2.51. The van der Waals surface area contributed by atoms with E-state index in [4.69, 9.17) is 0 Å². The highest BCUT2D eigenvalue weighted by molar-refractivity contribution is 5.97. The normalized spacial score (nSPS) is 11.4. The van der Waals surface area contributed by atoms with Crippen LogP contribution >= 0.6 is 0 Å². The van der Waals surface area contributed by atoms with Crippen LogP contribution in [-0.4, -0.2) is 41.2 Å². The summed E-state index contributed by atoms with van der Waals surface area (Å²) in [5.74, 6) is -2.90. The summed E-state index contributed by atoms with van der Waals surface area (Å²) in [5.41, 5.74) is 0.0957. The van der Waals surface area contributed by atoms with E-state index in [-0.39, 0.29) is 5.56 Å². The third-order valence-corrected chi connectivity index (χ3v) is 1.94. The summed E-state index contributed by atoms with van der Waals surface area (Å²) in [7, 11) is 1.07. The van der Waals surface area contributed by atoms with Crippen LogP contribution in [0.3, 0.4) is 0 Å². The molecule has 0 saturated carbocycles. The first-order valence-corrected chi connectivity index (χ1v) is 4.95. The summed E-state index contributed by atoms with van der Waals surface area (Å²) in [6.45, 7) is 0. The Hall–Kier alpha value is -2.28. The number of aliphatic hydroxyl groups is 1. The summed E-state index contributed by atoms with van der Waals surface area (Å²) < 4.78 is 8.63. The molecule has 0 aliphatic carbocycles. The zero-order valence-corrected chi connectivity index (χ0v) is 9.53. The molecule has 7 nitrogen and oxygen atoms in total. The number of esters is 3. The van der Waals surface area contributed by atoms with Crippen LogP contribution in [0.1, 0.15) is 16.8 Å². The molecule has 0 bridgehead atoms. The molecule has 96 valence electrons. The van der Waals surface area contributed by atoms with Gasteiger partial charge < -0.3 is 14.6 Å². The highest BCUT2D eigenvalue weighted by Gasteiger charge is 2.22. The number of pyridine rings is 1. The van der Waals surface area contributed by atoms with Gasteiger partial charge in [-0.3, -0.25) is 9.78 Å². The average molecular weight is 253 g/mol. The van der Waals surface area contributed by atoms with Gasteiger partial charge >= 0.3 is 17.9 Å². The number of hydrogen-bond acceptors (Lipinski definition) is 7. The van der Waals surface area contributed by atoms with Crippen LogP contribution in [0.15, 0.2) is 24.5 Å². The highest BCUT2D eigenvalue weighted by atomic mass is 16.6. The molecule has 0 saturated heterocycles. The molecule has 1 aromatic heterocycles. The Kier molecular flexibility index (Phi) is 4.94. The van der Waals surface area contributed by atoms with Crippen molar-refractivity contribution in [3.63, 3.8) is 0 Å². The van der Waals surface area contributed by atoms with Crippen LogP contribution in [0.5, 0.6) is 0 Å². The second-order valence-electron chi connectivity index (χ2n) is 3.25. The highest BCUT2D eigenvalue weighted by Crippen LogP contribution is 2.02. The number of carbonyl (C=O) groups is 3. The zero-order chi connectivity index (χ0) is 13.5. The smallest absolute Gasteiger partial charge is 0.347 e. The summed E-state index contributed by atoms with van der Waals surface area (Å²) in [5, 5.41) is 9.17. The van der Waals surface area contributed by atoms with E-state index in [2.05, 4.69) is 14.5 Å². The molecule has 0 fully saturated rings. The maximum absolute atomic E-state index is 11.4. The van der Waals surface area contributed by atoms with Gasteiger partial charge in [0.25, 0.3) is 0 Å². The number of methoxy groups -OCH3 is 1. The molecule has 1 N–H and O–H groups in total. The number of nitrogens with zero attached hydrogens (tertiary/aromatic N) is 1. The van der Waals surface area contributed by atoms with Gasteiger partial charge in [-0.25, -0.2) is 9.59 Å². The van der Waals surface area contributed by atoms with E-state index in [0.29, 0.717) is 0 Å². The second-order valence-corrected chi connectivity index (χ2v) is 3.25. The van der Waals surface area contributed by atoms with E-state index in [9.17, 15) is 19.5 Å². The van der Waals surface area contributed by atoms with Gasteiger partial charge in [0.1, 0.15) is 0 Å². The van der Waals surface area contributed by atoms with E-state index >= 15 is 0 Å². The molecular weight excluding hydrogens is 242 g/mol. The summed E-state index contributed by atoms with van der Waals surface area (Å²) in [6.07, 6.45) is 0.383. The lowest BCUT2D eigenvalue weighted by Crippen LogP contribution is -2.27. The minimum absolute atomic E-state index is 0.0957. The maximum Gasteiger partial charge on any atom is 0.347 e. The van der Waals surface area contributed by atoms with Crippen LogP contribution in [0.2, 0.25) is 0 Å². The maximum atomic E-state index is 11.4. The molecule has 1 aromatic rings. The molecule has 1 rings (SSSR count). The Bertz CT molecular complexity index is 444. The molecule has 18 heavy (non-hydrogen) atoms. The molecule has 1 atom stereocenters. The fourth-order valence-electron chi connectivity index (χ4n) is 1.06. The largest absolute Gasteiger partial charge is 0.467 e. The number of carbonyl (C=O) groups excluding carboxylic acids is 3. The molecule has 0 amide bonds. The standard InChI is InChI=1S/C11H11NO6/c1-17-11(16)8(13)5-9(14)18-10(15)7-3-2-4-12-6-7/h2-4,6,8,13H,5H2,1H3. The van der Waals surface area contributed by atoms with Gasteiger partial charge in [-0.1, -0.05) is 0 Å². The molecule has 0 aliphatic rings. The van der Waals surface area contributed by atoms with Gasteiger partial charge in [-0.15, -0.1) is 0 Å². The van der Waals surface area contributed by atoms with E-state index in [1.165, 1.54) is 24.5 Å². The van der Waals surface area contributed by atoms with Crippen molar-refractivity contribution < 1.29 is 29.0 Å². The lowest BCUT2D eigenvalue weighted by molar-refractivity contribution is -0.155. The first kappa shape index (κ1) is 13.8. The van der Waals surface area contributed by atoms with Crippen LogP contribution in [0, 0.1) is 0 Å². The quantitative estimate of drug-likeness (QED) is 0.579. The van der Waals surface area contributed by atoms with E-state index in [1.807, 2.05) is 0 Å². The van der Waals surface area contributed by atoms with Crippen molar-refractivity contribution >= 4 is 17.9 Å². The molecule has 0 spiro atoms. The molecule has 7 heteroatoms. The zero-order valence-electron chi connectivity index (χ0n) is 9.53. The van der Waals surface area contributed by atoms with Gasteiger partial charge in [0, 0.05) is 12.4 Å². The van der Waals surface area contributed by atoms with Crippen molar-refractivity contribution in [3.05, 3.63) is 30.1 Å². The van der Waals surface area contributed by atoms with E-state index in [1.54, 1.807) is 0 Å². The molecule has 1 unspecified atom stereocenters. The molecule has 1 heterocycles. The Morgan fingerprint density at radius 1 is 1.44 bits per heavy atom. The lowest BCUT2D eigenvalue weighted by Gasteiger charge is -2.07. The van der Waals surface area contributed by atoms with Gasteiger partial charge in [0.15, 0.2) is 6.10 Å². The summed E-state index contributed by atoms with van der Waals surface area (Å²) in [6, 6.07) is 2.92. The van der Waals surface area contributed by atoms with Crippen molar-refractivity contribution in [1.29, 1.82) is 0 Å². The third-order valence-electron chi connectivity index (χ3n) is 1.94. The molecule has 0 aromatic carbocycles. The van der Waals surface area contributed by atoms with Gasteiger partial charge in [-0.05, 0) is 12.1 Å². The Labute approximate surface area is 102 Å². The number of hydrogen-bond donors (Lipinski definition) is 1. The minimum Gasteiger partial charge on any atom is -0.467 e. The molecular formula is C11H11NO6. The fourth-order valence-corrected chi connectivity index (χ4v) is 1.06. The molecule has 0 radical (unpaired) electrons. The van der Waals surface area contributed by atoms with Crippen LogP contribution < -0.4 is 0 Å². The van der Waals surface area contributed by atoms with Crippen molar-refractivity contribution in [2.45, 2.75) is 12.5 Å². The van der Waals surface area contributed by atoms with Crippen molar-refractivity contribution in [1.82, 2.24) is 4.98 Å². The van der Waals surface area contributed by atoms with Gasteiger partial charge in [-0.2, -0.15) is 0 Å². The van der Waals surface area contributed by atoms with Crippen molar-refractivity contribution in [2.24, 2.45) is 0 Å². The predicted octanol–water partition coefficient (Wildman–Crippen LogP) is -0.311. The first-order chi connectivity index (χ1) is 8.54. The first-order valence-electron chi connectivity index (χ1n) is 4.95. The topological polar surface area (TPSA) is 103 Å². The van der Waals surface area contributed by atoms with Crippen molar-refractivity contribution in [2.75, 3.05) is 7.11 Å². The van der Waals surface area contributed by atoms with Crippen LogP contribution in [0.4, 0.5) is 0 Å². The summed E-state index contributed by atoms with van der Waals surface area (Å²) in [4.78, 5) is 37.1. The van der Waals surface area contributed by atoms with Crippen LogP contribution in [-0.2, 0) is 19.1 Å². The Morgan fingerprint density at radius 3 is 2.72 bits per heavy atom. The number of aliphatic hydroxyl groups excluding tert-OH is 1. The Morgan fingerprint density at radius 2 is 2.17 bits per heavy atom. The number of aromatic nitrogens is 1. The van der Waals surface area contributed by atoms with Crippen molar-refractivity contribution in [3.8, 4) is 0 Å². The average Bonchev–Trinajstić information content (AvgIpc) is 2.38. The third kappa shape index (κ3) is 3.95. The lowest BCUT2D eigenvalue weighted by atomic mass is 10.2. The van der Waals surface area contributed by atoms with Gasteiger partial charge in [0.05, 0.1) is 19.1 Å². The monoisotopic (exact) mass is 253 g/mol.